The van der Waals surface area contributed by atoms with Gasteiger partial charge < -0.3 is 15.4 Å². The Morgan fingerprint density at radius 2 is 1.90 bits per heavy atom. The molecule has 1 amide bonds. The van der Waals surface area contributed by atoms with E-state index in [1.165, 1.54) is 24.8 Å². The third-order valence-corrected chi connectivity index (χ3v) is 6.26. The molecule has 1 saturated heterocycles. The van der Waals surface area contributed by atoms with Crippen molar-refractivity contribution in [3.63, 3.8) is 0 Å². The van der Waals surface area contributed by atoms with E-state index in [0.29, 0.717) is 24.7 Å². The number of amides is 1. The number of ether oxygens (including phenoxy) is 1. The Morgan fingerprint density at radius 1 is 1.17 bits per heavy atom. The number of carbonyl (C=O) groups excluding carboxylic acids is 1. The van der Waals surface area contributed by atoms with Crippen LogP contribution in [-0.4, -0.2) is 30.6 Å². The molecule has 30 heavy (non-hydrogen) atoms. The average Bonchev–Trinajstić information content (AvgIpc) is 2.70. The number of aromatic nitrogens is 1. The third kappa shape index (κ3) is 4.03. The van der Waals surface area contributed by atoms with Gasteiger partial charge in [0, 0.05) is 18.8 Å². The van der Waals surface area contributed by atoms with Crippen molar-refractivity contribution < 1.29 is 18.3 Å². The van der Waals surface area contributed by atoms with Crippen LogP contribution in [0.25, 0.3) is 0 Å². The highest BCUT2D eigenvalue weighted by atomic mass is 19.3. The Hall–Kier alpha value is -2.54. The van der Waals surface area contributed by atoms with Gasteiger partial charge in [0.05, 0.1) is 5.41 Å². The summed E-state index contributed by atoms with van der Waals surface area (Å²) in [7, 11) is 0. The Bertz CT molecular complexity index is 909. The zero-order valence-electron chi connectivity index (χ0n) is 17.1. The van der Waals surface area contributed by atoms with Crippen LogP contribution in [-0.2, 0) is 10.2 Å². The second-order valence-electron chi connectivity index (χ2n) is 8.25. The summed E-state index contributed by atoms with van der Waals surface area (Å²) >= 11 is 0. The number of rotatable bonds is 6. The number of nitrogens with zero attached hydrogens (tertiary/aromatic N) is 1. The number of aryl methyl sites for hydroxylation is 1. The van der Waals surface area contributed by atoms with E-state index in [2.05, 4.69) is 26.4 Å². The fourth-order valence-electron chi connectivity index (χ4n) is 4.59. The van der Waals surface area contributed by atoms with Gasteiger partial charge in [0.25, 0.3) is 0 Å². The molecule has 2 fully saturated rings. The number of hydrogen-bond donors (Lipinski definition) is 2. The molecule has 0 atom stereocenters. The van der Waals surface area contributed by atoms with Gasteiger partial charge in [-0.25, -0.2) is 4.98 Å². The highest BCUT2D eigenvalue weighted by Crippen LogP contribution is 2.41. The largest absolute Gasteiger partial charge is 0.415 e. The molecular weight excluding hydrogens is 388 g/mol. The zero-order chi connectivity index (χ0) is 21.1. The molecule has 1 aromatic heterocycles. The van der Waals surface area contributed by atoms with Crippen LogP contribution in [0.5, 0.6) is 5.88 Å². The SMILES string of the molecule is Cc1ccc(NC(=O)C2(c3ccccc3C3CCCCC3)CNC2)c(OC(F)F)n1. The summed E-state index contributed by atoms with van der Waals surface area (Å²) in [5, 5.41) is 6.04. The molecule has 5 nitrogen and oxygen atoms in total. The lowest BCUT2D eigenvalue weighted by Crippen LogP contribution is -2.63. The van der Waals surface area contributed by atoms with Crippen LogP contribution in [0.15, 0.2) is 36.4 Å². The van der Waals surface area contributed by atoms with Gasteiger partial charge in [-0.15, -0.1) is 0 Å². The molecule has 4 rings (SSSR count). The van der Waals surface area contributed by atoms with Gasteiger partial charge in [-0.3, -0.25) is 4.79 Å². The summed E-state index contributed by atoms with van der Waals surface area (Å²) in [5.41, 5.74) is 2.23. The maximum absolute atomic E-state index is 13.5. The van der Waals surface area contributed by atoms with Crippen LogP contribution < -0.4 is 15.4 Å². The molecule has 0 spiro atoms. The van der Waals surface area contributed by atoms with E-state index < -0.39 is 12.0 Å². The van der Waals surface area contributed by atoms with E-state index in [0.717, 1.165) is 18.4 Å². The number of pyridine rings is 1. The van der Waals surface area contributed by atoms with Crippen LogP contribution in [0.1, 0.15) is 54.8 Å². The van der Waals surface area contributed by atoms with Crippen LogP contribution >= 0.6 is 0 Å². The average molecular weight is 415 g/mol. The molecule has 1 saturated carbocycles. The van der Waals surface area contributed by atoms with E-state index in [-0.39, 0.29) is 17.5 Å². The predicted molar refractivity (Wildman–Crippen MR) is 111 cm³/mol. The highest BCUT2D eigenvalue weighted by Gasteiger charge is 2.47. The minimum Gasteiger partial charge on any atom is -0.415 e. The lowest BCUT2D eigenvalue weighted by atomic mass is 9.69. The first kappa shape index (κ1) is 20.7. The van der Waals surface area contributed by atoms with Crippen LogP contribution in [0, 0.1) is 6.92 Å². The molecule has 2 heterocycles. The van der Waals surface area contributed by atoms with Gasteiger partial charge >= 0.3 is 6.61 Å². The topological polar surface area (TPSA) is 63.2 Å². The molecule has 2 aliphatic rings. The fourth-order valence-corrected chi connectivity index (χ4v) is 4.59. The zero-order valence-corrected chi connectivity index (χ0v) is 17.1. The van der Waals surface area contributed by atoms with Gasteiger partial charge in [0.1, 0.15) is 5.69 Å². The molecule has 0 bridgehead atoms. The molecule has 2 aromatic rings. The Morgan fingerprint density at radius 3 is 2.57 bits per heavy atom. The number of carbonyl (C=O) groups is 1. The Kier molecular flexibility index (Phi) is 5.99. The van der Waals surface area contributed by atoms with E-state index in [1.807, 2.05) is 18.2 Å². The number of anilines is 1. The van der Waals surface area contributed by atoms with Crippen molar-refractivity contribution in [2.24, 2.45) is 0 Å². The number of nitrogens with one attached hydrogen (secondary N) is 2. The molecule has 1 aromatic carbocycles. The molecule has 7 heteroatoms. The van der Waals surface area contributed by atoms with Crippen molar-refractivity contribution in [3.05, 3.63) is 53.2 Å². The predicted octanol–water partition coefficient (Wildman–Crippen LogP) is 4.52. The molecule has 1 aliphatic heterocycles. The normalized spacial score (nSPS) is 18.7. The summed E-state index contributed by atoms with van der Waals surface area (Å²) in [4.78, 5) is 17.5. The molecule has 0 radical (unpaired) electrons. The van der Waals surface area contributed by atoms with Gasteiger partial charge in [-0.1, -0.05) is 43.5 Å². The number of hydrogen-bond acceptors (Lipinski definition) is 4. The van der Waals surface area contributed by atoms with Gasteiger partial charge in [0.15, 0.2) is 0 Å². The number of benzene rings is 1. The molecular formula is C23H27F2N3O2. The van der Waals surface area contributed by atoms with Crippen molar-refractivity contribution in [3.8, 4) is 5.88 Å². The molecule has 2 N–H and O–H groups in total. The van der Waals surface area contributed by atoms with Crippen LogP contribution in [0.3, 0.4) is 0 Å². The maximum Gasteiger partial charge on any atom is 0.388 e. The number of halogens is 2. The van der Waals surface area contributed by atoms with Crippen LogP contribution in [0.4, 0.5) is 14.5 Å². The van der Waals surface area contributed by atoms with Gasteiger partial charge in [-0.05, 0) is 48.9 Å². The first-order valence-electron chi connectivity index (χ1n) is 10.5. The quantitative estimate of drug-likeness (QED) is 0.728. The molecule has 160 valence electrons. The number of alkyl halides is 2. The lowest BCUT2D eigenvalue weighted by molar-refractivity contribution is -0.123. The second kappa shape index (κ2) is 8.68. The standard InChI is InChI=1S/C23H27F2N3O2/c1-15-11-12-19(20(27-15)30-22(24)25)28-21(29)23(13-26-14-23)18-10-6-5-9-17(18)16-7-3-2-4-8-16/h5-6,9-12,16,22,26H,2-4,7-8,13-14H2,1H3,(H,28,29). The van der Waals surface area contributed by atoms with Crippen molar-refractivity contribution in [1.29, 1.82) is 0 Å². The summed E-state index contributed by atoms with van der Waals surface area (Å²) in [5.74, 6) is -0.0328. The Balaban J connectivity index is 1.64. The summed E-state index contributed by atoms with van der Waals surface area (Å²) in [6.45, 7) is -0.317. The van der Waals surface area contributed by atoms with Crippen molar-refractivity contribution in [1.82, 2.24) is 10.3 Å². The van der Waals surface area contributed by atoms with Gasteiger partial charge in [-0.2, -0.15) is 8.78 Å². The maximum atomic E-state index is 13.5. The van der Waals surface area contributed by atoms with Crippen molar-refractivity contribution >= 4 is 11.6 Å². The summed E-state index contributed by atoms with van der Waals surface area (Å²) in [6, 6.07) is 11.4. The van der Waals surface area contributed by atoms with Crippen LogP contribution in [0.2, 0.25) is 0 Å². The van der Waals surface area contributed by atoms with E-state index >= 15 is 0 Å². The minimum atomic E-state index is -3.01. The van der Waals surface area contributed by atoms with E-state index in [9.17, 15) is 13.6 Å². The summed E-state index contributed by atoms with van der Waals surface area (Å²) in [6.07, 6.45) is 5.95. The summed E-state index contributed by atoms with van der Waals surface area (Å²) < 4.78 is 30.2. The Labute approximate surface area is 175 Å². The highest BCUT2D eigenvalue weighted by molar-refractivity contribution is 6.01. The monoisotopic (exact) mass is 415 g/mol. The van der Waals surface area contributed by atoms with Crippen molar-refractivity contribution in [2.75, 3.05) is 18.4 Å². The first-order chi connectivity index (χ1) is 14.5. The lowest BCUT2D eigenvalue weighted by Gasteiger charge is -2.43. The minimum absolute atomic E-state index is 0.160. The third-order valence-electron chi connectivity index (χ3n) is 6.26. The van der Waals surface area contributed by atoms with Gasteiger partial charge in [0.2, 0.25) is 11.8 Å². The van der Waals surface area contributed by atoms with Crippen molar-refractivity contribution in [2.45, 2.75) is 57.0 Å². The smallest absolute Gasteiger partial charge is 0.388 e. The van der Waals surface area contributed by atoms with E-state index in [1.54, 1.807) is 19.1 Å². The first-order valence-corrected chi connectivity index (χ1v) is 10.5. The fraction of sp³-hybridized carbons (Fsp3) is 0.478. The van der Waals surface area contributed by atoms with E-state index in [4.69, 9.17) is 0 Å². The molecule has 1 aliphatic carbocycles. The molecule has 0 unspecified atom stereocenters. The second-order valence-corrected chi connectivity index (χ2v) is 8.25.